The van der Waals surface area contributed by atoms with E-state index in [1.165, 1.54) is 0 Å². The summed E-state index contributed by atoms with van der Waals surface area (Å²) in [5.41, 5.74) is 6.73. The van der Waals surface area contributed by atoms with E-state index in [1.807, 2.05) is 12.1 Å². The SMILES string of the molecule is NC(CCOCC(F)F)Cc1ccc(Br)cn1. The maximum atomic E-state index is 11.8. The Labute approximate surface area is 107 Å². The third-order valence-corrected chi connectivity index (χ3v) is 2.61. The van der Waals surface area contributed by atoms with E-state index in [-0.39, 0.29) is 12.6 Å². The average Bonchev–Trinajstić information content (AvgIpc) is 2.27. The van der Waals surface area contributed by atoms with Crippen LogP contribution in [0.1, 0.15) is 12.1 Å². The van der Waals surface area contributed by atoms with Gasteiger partial charge in [0.15, 0.2) is 0 Å². The molecule has 0 aliphatic carbocycles. The summed E-state index contributed by atoms with van der Waals surface area (Å²) in [4.78, 5) is 4.19. The van der Waals surface area contributed by atoms with E-state index in [4.69, 9.17) is 10.5 Å². The van der Waals surface area contributed by atoms with Crippen LogP contribution in [0.15, 0.2) is 22.8 Å². The van der Waals surface area contributed by atoms with Crippen LogP contribution in [0, 0.1) is 0 Å². The highest BCUT2D eigenvalue weighted by Crippen LogP contribution is 2.09. The summed E-state index contributed by atoms with van der Waals surface area (Å²) in [6.45, 7) is -0.273. The standard InChI is InChI=1S/C11H15BrF2N2O/c12-8-1-2-10(16-6-8)5-9(15)3-4-17-7-11(13)14/h1-2,6,9,11H,3-5,7,15H2. The zero-order valence-electron chi connectivity index (χ0n) is 9.28. The van der Waals surface area contributed by atoms with Gasteiger partial charge in [0, 0.05) is 35.4 Å². The molecule has 6 heteroatoms. The van der Waals surface area contributed by atoms with Crippen LogP contribution in [0.25, 0.3) is 0 Å². The van der Waals surface area contributed by atoms with E-state index in [0.717, 1.165) is 10.2 Å². The molecule has 1 rings (SSSR count). The third kappa shape index (κ3) is 6.65. The third-order valence-electron chi connectivity index (χ3n) is 2.14. The van der Waals surface area contributed by atoms with Crippen LogP contribution in [-0.4, -0.2) is 30.7 Å². The first-order valence-corrected chi connectivity index (χ1v) is 6.09. The van der Waals surface area contributed by atoms with Crippen LogP contribution < -0.4 is 5.73 Å². The molecule has 0 aromatic carbocycles. The number of alkyl halides is 2. The number of aromatic nitrogens is 1. The van der Waals surface area contributed by atoms with Gasteiger partial charge in [-0.15, -0.1) is 0 Å². The van der Waals surface area contributed by atoms with Gasteiger partial charge < -0.3 is 10.5 Å². The van der Waals surface area contributed by atoms with Crippen molar-refractivity contribution in [3.8, 4) is 0 Å². The van der Waals surface area contributed by atoms with Crippen molar-refractivity contribution in [2.75, 3.05) is 13.2 Å². The van der Waals surface area contributed by atoms with Crippen LogP contribution in [0.2, 0.25) is 0 Å². The van der Waals surface area contributed by atoms with Crippen molar-refractivity contribution in [3.05, 3.63) is 28.5 Å². The molecule has 1 atom stereocenters. The van der Waals surface area contributed by atoms with Crippen molar-refractivity contribution in [1.29, 1.82) is 0 Å². The highest BCUT2D eigenvalue weighted by atomic mass is 79.9. The van der Waals surface area contributed by atoms with Crippen molar-refractivity contribution < 1.29 is 13.5 Å². The van der Waals surface area contributed by atoms with Gasteiger partial charge in [-0.3, -0.25) is 4.98 Å². The molecule has 1 heterocycles. The first-order valence-electron chi connectivity index (χ1n) is 5.30. The first-order chi connectivity index (χ1) is 8.08. The van der Waals surface area contributed by atoms with Crippen LogP contribution in [0.5, 0.6) is 0 Å². The zero-order chi connectivity index (χ0) is 12.7. The topological polar surface area (TPSA) is 48.1 Å². The summed E-state index contributed by atoms with van der Waals surface area (Å²) in [6, 6.07) is 3.65. The van der Waals surface area contributed by atoms with Gasteiger partial charge in [0.25, 0.3) is 6.43 Å². The minimum atomic E-state index is -2.42. The molecule has 0 fully saturated rings. The van der Waals surface area contributed by atoms with Crippen LogP contribution in [0.3, 0.4) is 0 Å². The molecule has 1 aromatic rings. The van der Waals surface area contributed by atoms with Crippen molar-refractivity contribution in [1.82, 2.24) is 4.98 Å². The van der Waals surface area contributed by atoms with Crippen molar-refractivity contribution in [2.45, 2.75) is 25.3 Å². The summed E-state index contributed by atoms with van der Waals surface area (Å²) in [7, 11) is 0. The summed E-state index contributed by atoms with van der Waals surface area (Å²) >= 11 is 3.29. The van der Waals surface area contributed by atoms with Gasteiger partial charge in [0.1, 0.15) is 6.61 Å². The van der Waals surface area contributed by atoms with E-state index in [1.54, 1.807) is 6.20 Å². The molecular weight excluding hydrogens is 294 g/mol. The smallest absolute Gasteiger partial charge is 0.261 e. The lowest BCUT2D eigenvalue weighted by molar-refractivity contribution is 0.0152. The number of rotatable bonds is 7. The maximum absolute atomic E-state index is 11.8. The number of hydrogen-bond donors (Lipinski definition) is 1. The van der Waals surface area contributed by atoms with E-state index in [0.29, 0.717) is 12.8 Å². The number of halogens is 3. The quantitative estimate of drug-likeness (QED) is 0.787. The number of pyridine rings is 1. The lowest BCUT2D eigenvalue weighted by Gasteiger charge is -2.11. The Hall–Kier alpha value is -0.590. The monoisotopic (exact) mass is 308 g/mol. The molecule has 0 aliphatic rings. The van der Waals surface area contributed by atoms with Gasteiger partial charge >= 0.3 is 0 Å². The van der Waals surface area contributed by atoms with Gasteiger partial charge in [0.05, 0.1) is 0 Å². The Bertz CT molecular complexity index is 322. The maximum Gasteiger partial charge on any atom is 0.261 e. The second-order valence-corrected chi connectivity index (χ2v) is 4.60. The summed E-state index contributed by atoms with van der Waals surface area (Å²) in [5, 5.41) is 0. The lowest BCUT2D eigenvalue weighted by Crippen LogP contribution is -2.25. The summed E-state index contributed by atoms with van der Waals surface area (Å²) < 4.78 is 29.2. The second kappa shape index (κ2) is 7.68. The zero-order valence-corrected chi connectivity index (χ0v) is 10.9. The van der Waals surface area contributed by atoms with Gasteiger partial charge in [0.2, 0.25) is 0 Å². The first kappa shape index (κ1) is 14.5. The minimum Gasteiger partial charge on any atom is -0.375 e. The van der Waals surface area contributed by atoms with Gasteiger partial charge in [-0.05, 0) is 34.5 Å². The number of nitrogens with zero attached hydrogens (tertiary/aromatic N) is 1. The fourth-order valence-electron chi connectivity index (χ4n) is 1.31. The number of ether oxygens (including phenoxy) is 1. The average molecular weight is 309 g/mol. The molecule has 0 spiro atoms. The molecule has 1 unspecified atom stereocenters. The molecular formula is C11H15BrF2N2O. The Morgan fingerprint density at radius 3 is 2.76 bits per heavy atom. The Balaban J connectivity index is 2.20. The van der Waals surface area contributed by atoms with E-state index in [9.17, 15) is 8.78 Å². The molecule has 0 bridgehead atoms. The fraction of sp³-hybridized carbons (Fsp3) is 0.545. The largest absolute Gasteiger partial charge is 0.375 e. The summed E-state index contributed by atoms with van der Waals surface area (Å²) in [6.07, 6.45) is 0.449. The second-order valence-electron chi connectivity index (χ2n) is 3.69. The van der Waals surface area contributed by atoms with Crippen molar-refractivity contribution >= 4 is 15.9 Å². The molecule has 1 aromatic heterocycles. The molecule has 0 saturated carbocycles. The number of nitrogens with two attached hydrogens (primary N) is 1. The Morgan fingerprint density at radius 1 is 1.41 bits per heavy atom. The molecule has 96 valence electrons. The molecule has 2 N–H and O–H groups in total. The minimum absolute atomic E-state index is 0.124. The van der Waals surface area contributed by atoms with E-state index < -0.39 is 13.0 Å². The van der Waals surface area contributed by atoms with Crippen molar-refractivity contribution in [3.63, 3.8) is 0 Å². The highest BCUT2D eigenvalue weighted by molar-refractivity contribution is 9.10. The van der Waals surface area contributed by atoms with E-state index >= 15 is 0 Å². The van der Waals surface area contributed by atoms with Crippen molar-refractivity contribution in [2.24, 2.45) is 5.73 Å². The van der Waals surface area contributed by atoms with Gasteiger partial charge in [-0.1, -0.05) is 0 Å². The van der Waals surface area contributed by atoms with Crippen LogP contribution in [0.4, 0.5) is 8.78 Å². The fourth-order valence-corrected chi connectivity index (χ4v) is 1.54. The molecule has 3 nitrogen and oxygen atoms in total. The Morgan fingerprint density at radius 2 is 2.18 bits per heavy atom. The molecule has 17 heavy (non-hydrogen) atoms. The number of hydrogen-bond acceptors (Lipinski definition) is 3. The summed E-state index contributed by atoms with van der Waals surface area (Å²) in [5.74, 6) is 0. The molecule has 0 aliphatic heterocycles. The normalized spacial score (nSPS) is 13.0. The van der Waals surface area contributed by atoms with Crippen LogP contribution in [-0.2, 0) is 11.2 Å². The molecule has 0 saturated heterocycles. The Kier molecular flexibility index (Phi) is 6.54. The molecule has 0 amide bonds. The van der Waals surface area contributed by atoms with Gasteiger partial charge in [-0.25, -0.2) is 8.78 Å². The van der Waals surface area contributed by atoms with E-state index in [2.05, 4.69) is 20.9 Å². The predicted octanol–water partition coefficient (Wildman–Crippen LogP) is 2.39. The van der Waals surface area contributed by atoms with Crippen LogP contribution >= 0.6 is 15.9 Å². The predicted molar refractivity (Wildman–Crippen MR) is 65.1 cm³/mol. The lowest BCUT2D eigenvalue weighted by atomic mass is 10.1. The van der Waals surface area contributed by atoms with Gasteiger partial charge in [-0.2, -0.15) is 0 Å². The molecule has 0 radical (unpaired) electrons. The highest BCUT2D eigenvalue weighted by Gasteiger charge is 2.07.